The van der Waals surface area contributed by atoms with Crippen LogP contribution in [0, 0.1) is 11.8 Å². The first kappa shape index (κ1) is 18.0. The molecule has 0 aromatic carbocycles. The molecule has 1 aliphatic carbocycles. The minimum absolute atomic E-state index is 0.186. The van der Waals surface area contributed by atoms with Crippen molar-refractivity contribution in [1.29, 1.82) is 0 Å². The number of aliphatic hydroxyl groups is 6. The van der Waals surface area contributed by atoms with Crippen LogP contribution in [-0.2, 0) is 18.9 Å². The fourth-order valence-corrected chi connectivity index (χ4v) is 4.50. The van der Waals surface area contributed by atoms with Crippen LogP contribution in [0.25, 0.3) is 0 Å². The van der Waals surface area contributed by atoms with E-state index in [4.69, 9.17) is 18.9 Å². The van der Waals surface area contributed by atoms with Gasteiger partial charge >= 0.3 is 0 Å². The van der Waals surface area contributed by atoms with Gasteiger partial charge in [0.1, 0.15) is 36.1 Å². The second kappa shape index (κ2) is 6.34. The predicted octanol–water partition coefficient (Wildman–Crippen LogP) is -3.71. The standard InChI is InChI=1S/C15H24O10/c16-3-6-9(19)10(20)11(21)14(23-6)24-13-7-5(1-2-22-13)8(18)12-15(7,4-17)25-12/h5-14,16-21H,1-4H2/t5-,6-,7-,8+,9+,10-,11-,12-,13+,14+,15+/m1/s1. The van der Waals surface area contributed by atoms with E-state index in [9.17, 15) is 30.6 Å². The number of hydrogen-bond donors (Lipinski definition) is 6. The highest BCUT2D eigenvalue weighted by Crippen LogP contribution is 2.60. The topological polar surface area (TPSA) is 162 Å². The van der Waals surface area contributed by atoms with Crippen LogP contribution in [0.3, 0.4) is 0 Å². The molecule has 3 saturated heterocycles. The summed E-state index contributed by atoms with van der Waals surface area (Å²) in [6.45, 7) is -0.546. The van der Waals surface area contributed by atoms with Crippen molar-refractivity contribution < 1.29 is 49.6 Å². The highest BCUT2D eigenvalue weighted by Gasteiger charge is 2.75. The number of epoxide rings is 1. The molecule has 0 radical (unpaired) electrons. The third kappa shape index (κ3) is 2.56. The fraction of sp³-hybridized carbons (Fsp3) is 1.00. The molecular weight excluding hydrogens is 340 g/mol. The van der Waals surface area contributed by atoms with E-state index in [0.29, 0.717) is 13.0 Å². The van der Waals surface area contributed by atoms with Crippen LogP contribution in [0.5, 0.6) is 0 Å². The Morgan fingerprint density at radius 3 is 2.40 bits per heavy atom. The van der Waals surface area contributed by atoms with Gasteiger partial charge in [-0.2, -0.15) is 0 Å². The van der Waals surface area contributed by atoms with E-state index in [0.717, 1.165) is 0 Å². The van der Waals surface area contributed by atoms with Crippen molar-refractivity contribution in [2.45, 2.75) is 61.2 Å². The molecule has 4 rings (SSSR count). The minimum atomic E-state index is -1.55. The summed E-state index contributed by atoms with van der Waals surface area (Å²) in [5.74, 6) is -0.645. The summed E-state index contributed by atoms with van der Waals surface area (Å²) in [5.41, 5.74) is -0.941. The van der Waals surface area contributed by atoms with Crippen molar-refractivity contribution in [2.24, 2.45) is 11.8 Å². The van der Waals surface area contributed by atoms with Crippen molar-refractivity contribution >= 4 is 0 Å². The van der Waals surface area contributed by atoms with Crippen LogP contribution in [-0.4, -0.2) is 105 Å². The second-order valence-electron chi connectivity index (χ2n) is 7.19. The molecule has 0 amide bonds. The maximum atomic E-state index is 10.3. The molecule has 4 fully saturated rings. The molecule has 0 aromatic rings. The summed E-state index contributed by atoms with van der Waals surface area (Å²) in [5, 5.41) is 59.1. The molecule has 0 aromatic heterocycles. The Hall–Kier alpha value is -0.400. The first-order valence-corrected chi connectivity index (χ1v) is 8.49. The zero-order valence-corrected chi connectivity index (χ0v) is 13.4. The van der Waals surface area contributed by atoms with E-state index in [-0.39, 0.29) is 12.5 Å². The van der Waals surface area contributed by atoms with Gasteiger partial charge in [-0.3, -0.25) is 0 Å². The molecule has 1 saturated carbocycles. The average Bonchev–Trinajstić information content (AvgIpc) is 3.31. The van der Waals surface area contributed by atoms with Gasteiger partial charge in [0, 0.05) is 11.8 Å². The lowest BCUT2D eigenvalue weighted by molar-refractivity contribution is -0.356. The minimum Gasteiger partial charge on any atom is -0.394 e. The van der Waals surface area contributed by atoms with Crippen LogP contribution < -0.4 is 0 Å². The number of ether oxygens (including phenoxy) is 4. The molecule has 4 aliphatic rings. The Morgan fingerprint density at radius 1 is 0.960 bits per heavy atom. The summed E-state index contributed by atoms with van der Waals surface area (Å²) >= 11 is 0. The van der Waals surface area contributed by atoms with Crippen LogP contribution in [0.1, 0.15) is 6.42 Å². The Morgan fingerprint density at radius 2 is 1.72 bits per heavy atom. The normalized spacial score (nSPS) is 57.8. The van der Waals surface area contributed by atoms with Gasteiger partial charge < -0.3 is 49.6 Å². The zero-order valence-electron chi connectivity index (χ0n) is 13.4. The van der Waals surface area contributed by atoms with Crippen molar-refractivity contribution in [3.05, 3.63) is 0 Å². The summed E-state index contributed by atoms with van der Waals surface area (Å²) in [6.07, 6.45) is -8.57. The molecule has 11 atom stereocenters. The fourth-order valence-electron chi connectivity index (χ4n) is 4.50. The van der Waals surface area contributed by atoms with Crippen molar-refractivity contribution in [1.82, 2.24) is 0 Å². The maximum absolute atomic E-state index is 10.3. The van der Waals surface area contributed by atoms with Gasteiger partial charge in [-0.25, -0.2) is 0 Å². The van der Waals surface area contributed by atoms with E-state index in [1.165, 1.54) is 0 Å². The molecule has 6 N–H and O–H groups in total. The van der Waals surface area contributed by atoms with Gasteiger partial charge in [0.2, 0.25) is 0 Å². The quantitative estimate of drug-likeness (QED) is 0.274. The monoisotopic (exact) mass is 364 g/mol. The molecule has 0 unspecified atom stereocenters. The highest BCUT2D eigenvalue weighted by atomic mass is 16.8. The molecule has 0 spiro atoms. The highest BCUT2D eigenvalue weighted by molar-refractivity contribution is 5.21. The van der Waals surface area contributed by atoms with Gasteiger partial charge in [-0.1, -0.05) is 0 Å². The lowest BCUT2D eigenvalue weighted by Crippen LogP contribution is -2.61. The van der Waals surface area contributed by atoms with E-state index in [1.807, 2.05) is 0 Å². The van der Waals surface area contributed by atoms with Crippen LogP contribution in [0.15, 0.2) is 0 Å². The second-order valence-corrected chi connectivity index (χ2v) is 7.19. The number of rotatable bonds is 4. The number of aliphatic hydroxyl groups excluding tert-OH is 6. The van der Waals surface area contributed by atoms with Gasteiger partial charge in [0.05, 0.1) is 25.9 Å². The van der Waals surface area contributed by atoms with Crippen LogP contribution in [0.2, 0.25) is 0 Å². The number of fused-ring (bicyclic) bond motifs is 3. The first-order chi connectivity index (χ1) is 11.9. The van der Waals surface area contributed by atoms with Crippen molar-refractivity contribution in [3.63, 3.8) is 0 Å². The smallest absolute Gasteiger partial charge is 0.189 e. The van der Waals surface area contributed by atoms with E-state index < -0.39 is 67.3 Å². The molecule has 10 heteroatoms. The van der Waals surface area contributed by atoms with Crippen molar-refractivity contribution in [3.8, 4) is 0 Å². The third-order valence-electron chi connectivity index (χ3n) is 5.94. The largest absolute Gasteiger partial charge is 0.394 e. The summed E-state index contributed by atoms with van der Waals surface area (Å²) in [6, 6.07) is 0. The van der Waals surface area contributed by atoms with E-state index in [2.05, 4.69) is 0 Å². The zero-order chi connectivity index (χ0) is 17.9. The summed E-state index contributed by atoms with van der Waals surface area (Å²) < 4.78 is 22.2. The van der Waals surface area contributed by atoms with E-state index >= 15 is 0 Å². The van der Waals surface area contributed by atoms with Crippen LogP contribution in [0.4, 0.5) is 0 Å². The average molecular weight is 364 g/mol. The predicted molar refractivity (Wildman–Crippen MR) is 76.9 cm³/mol. The lowest BCUT2D eigenvalue weighted by Gasteiger charge is -2.44. The molecule has 144 valence electrons. The van der Waals surface area contributed by atoms with Crippen molar-refractivity contribution in [2.75, 3.05) is 19.8 Å². The Balaban J connectivity index is 1.52. The van der Waals surface area contributed by atoms with Crippen LogP contribution >= 0.6 is 0 Å². The Bertz CT molecular complexity index is 503. The molecule has 3 aliphatic heterocycles. The summed E-state index contributed by atoms with van der Waals surface area (Å²) in [4.78, 5) is 0. The summed E-state index contributed by atoms with van der Waals surface area (Å²) in [7, 11) is 0. The third-order valence-corrected chi connectivity index (χ3v) is 5.94. The SMILES string of the molecule is OC[C@H]1O[C@@H](O[C@@H]2OCC[C@H]3[C@H](O)[C@H]4O[C@@]4(CO)[C@@H]23)[C@H](O)[C@H](O)[C@H]1O. The van der Waals surface area contributed by atoms with E-state index in [1.54, 1.807) is 0 Å². The molecule has 0 bridgehead atoms. The Kier molecular flexibility index (Phi) is 4.56. The van der Waals surface area contributed by atoms with Gasteiger partial charge in [0.25, 0.3) is 0 Å². The Labute approximate surface area is 143 Å². The lowest BCUT2D eigenvalue weighted by atomic mass is 9.83. The molecular formula is C15H24O10. The van der Waals surface area contributed by atoms with Gasteiger partial charge in [0.15, 0.2) is 12.6 Å². The first-order valence-electron chi connectivity index (χ1n) is 8.49. The molecule has 10 nitrogen and oxygen atoms in total. The van der Waals surface area contributed by atoms with Gasteiger partial charge in [-0.05, 0) is 6.42 Å². The molecule has 25 heavy (non-hydrogen) atoms. The van der Waals surface area contributed by atoms with Gasteiger partial charge in [-0.15, -0.1) is 0 Å². The maximum Gasteiger partial charge on any atom is 0.189 e. The number of hydrogen-bond acceptors (Lipinski definition) is 10. The molecule has 3 heterocycles.